The monoisotopic (exact) mass is 263 g/mol. The van der Waals surface area contributed by atoms with E-state index in [1.807, 2.05) is 0 Å². The van der Waals surface area contributed by atoms with E-state index < -0.39 is 0 Å². The maximum atomic E-state index is 3.50. The molecule has 1 aromatic rings. The highest BCUT2D eigenvalue weighted by Crippen LogP contribution is 2.09. The van der Waals surface area contributed by atoms with Crippen LogP contribution >= 0.6 is 0 Å². The Hall–Kier alpha value is -1.06. The van der Waals surface area contributed by atoms with Crippen molar-refractivity contribution in [2.45, 2.75) is 26.8 Å². The lowest BCUT2D eigenvalue weighted by Crippen LogP contribution is -2.42. The van der Waals surface area contributed by atoms with Crippen molar-refractivity contribution in [2.75, 3.05) is 45.6 Å². The van der Waals surface area contributed by atoms with Crippen LogP contribution in [0.15, 0.2) is 24.3 Å². The largest absolute Gasteiger partial charge is 0.384 e. The van der Waals surface area contributed by atoms with Crippen LogP contribution in [-0.4, -0.2) is 56.1 Å². The van der Waals surface area contributed by atoms with Crippen LogP contribution in [-0.2, 0) is 0 Å². The molecule has 1 N–H and O–H groups in total. The van der Waals surface area contributed by atoms with Crippen molar-refractivity contribution in [3.05, 3.63) is 29.8 Å². The van der Waals surface area contributed by atoms with Crippen LogP contribution in [0.4, 0.5) is 5.69 Å². The molecule has 3 nitrogen and oxygen atoms in total. The average molecular weight is 263 g/mol. The lowest BCUT2D eigenvalue weighted by atomic mass is 10.2. The molecule has 0 fully saturated rings. The molecule has 1 atom stereocenters. The van der Waals surface area contributed by atoms with Gasteiger partial charge in [-0.05, 0) is 52.2 Å². The van der Waals surface area contributed by atoms with E-state index in [9.17, 15) is 0 Å². The summed E-state index contributed by atoms with van der Waals surface area (Å²) in [6, 6.07) is 9.15. The van der Waals surface area contributed by atoms with Gasteiger partial charge in [0.1, 0.15) is 0 Å². The second-order valence-electron chi connectivity index (χ2n) is 5.54. The van der Waals surface area contributed by atoms with Crippen molar-refractivity contribution in [3.63, 3.8) is 0 Å². The highest BCUT2D eigenvalue weighted by molar-refractivity contribution is 5.45. The molecule has 0 saturated carbocycles. The average Bonchev–Trinajstić information content (AvgIpc) is 2.33. The van der Waals surface area contributed by atoms with Crippen LogP contribution < -0.4 is 5.32 Å². The summed E-state index contributed by atoms with van der Waals surface area (Å²) >= 11 is 0. The normalized spacial score (nSPS) is 13.0. The molecule has 0 bridgehead atoms. The first-order chi connectivity index (χ1) is 9.02. The number of rotatable bonds is 8. The van der Waals surface area contributed by atoms with E-state index >= 15 is 0 Å². The highest BCUT2D eigenvalue weighted by atomic mass is 15.2. The lowest BCUT2D eigenvalue weighted by Gasteiger charge is -2.30. The molecule has 0 heterocycles. The van der Waals surface area contributed by atoms with Crippen molar-refractivity contribution in [1.82, 2.24) is 9.80 Å². The summed E-state index contributed by atoms with van der Waals surface area (Å²) in [5.74, 6) is 0. The molecule has 0 aliphatic rings. The van der Waals surface area contributed by atoms with E-state index in [1.165, 1.54) is 11.3 Å². The van der Waals surface area contributed by atoms with E-state index in [0.29, 0.717) is 6.04 Å². The fourth-order valence-electron chi connectivity index (χ4n) is 2.43. The molecule has 0 aromatic heterocycles. The topological polar surface area (TPSA) is 18.5 Å². The van der Waals surface area contributed by atoms with Crippen LogP contribution in [0, 0.1) is 6.92 Å². The Bertz CT molecular complexity index is 363. The molecule has 0 radical (unpaired) electrons. The van der Waals surface area contributed by atoms with E-state index in [4.69, 9.17) is 0 Å². The number of nitrogens with one attached hydrogen (secondary N) is 1. The van der Waals surface area contributed by atoms with E-state index in [2.05, 4.69) is 74.2 Å². The molecule has 108 valence electrons. The minimum absolute atomic E-state index is 0.597. The summed E-state index contributed by atoms with van der Waals surface area (Å²) < 4.78 is 0. The summed E-state index contributed by atoms with van der Waals surface area (Å²) in [6.07, 6.45) is 0. The number of benzene rings is 1. The van der Waals surface area contributed by atoms with Gasteiger partial charge in [0.2, 0.25) is 0 Å². The molecular weight excluding hydrogens is 234 g/mol. The van der Waals surface area contributed by atoms with Crippen LogP contribution in [0.2, 0.25) is 0 Å². The van der Waals surface area contributed by atoms with Crippen molar-refractivity contribution in [2.24, 2.45) is 0 Å². The predicted octanol–water partition coefficient (Wildman–Crippen LogP) is 2.68. The summed E-state index contributed by atoms with van der Waals surface area (Å²) in [6.45, 7) is 11.0. The second-order valence-corrected chi connectivity index (χ2v) is 5.54. The van der Waals surface area contributed by atoms with Crippen molar-refractivity contribution >= 4 is 5.69 Å². The Morgan fingerprint density at radius 1 is 1.26 bits per heavy atom. The molecule has 0 aliphatic carbocycles. The Balaban J connectivity index is 2.37. The van der Waals surface area contributed by atoms with Crippen LogP contribution in [0.3, 0.4) is 0 Å². The molecule has 3 heteroatoms. The minimum atomic E-state index is 0.597. The number of aryl methyl sites for hydroxylation is 1. The number of nitrogens with zero attached hydrogens (tertiary/aromatic N) is 2. The highest BCUT2D eigenvalue weighted by Gasteiger charge is 2.12. The van der Waals surface area contributed by atoms with Gasteiger partial charge >= 0.3 is 0 Å². The molecular formula is C16H29N3. The quantitative estimate of drug-likeness (QED) is 0.778. The molecule has 0 aliphatic heterocycles. The zero-order chi connectivity index (χ0) is 14.3. The zero-order valence-electron chi connectivity index (χ0n) is 13.1. The molecule has 0 amide bonds. The fraction of sp³-hybridized carbons (Fsp3) is 0.625. The summed E-state index contributed by atoms with van der Waals surface area (Å²) in [5.41, 5.74) is 2.52. The molecule has 0 spiro atoms. The third-order valence-corrected chi connectivity index (χ3v) is 3.41. The minimum Gasteiger partial charge on any atom is -0.384 e. The number of hydrogen-bond acceptors (Lipinski definition) is 3. The summed E-state index contributed by atoms with van der Waals surface area (Å²) in [4.78, 5) is 4.77. The van der Waals surface area contributed by atoms with Gasteiger partial charge in [0, 0.05) is 31.4 Å². The van der Waals surface area contributed by atoms with E-state index in [0.717, 1.165) is 26.2 Å². The maximum absolute atomic E-state index is 3.50. The van der Waals surface area contributed by atoms with E-state index in [1.54, 1.807) is 0 Å². The molecule has 0 saturated heterocycles. The van der Waals surface area contributed by atoms with Crippen LogP contribution in [0.25, 0.3) is 0 Å². The van der Waals surface area contributed by atoms with Gasteiger partial charge in [-0.3, -0.25) is 4.90 Å². The standard InChI is InChI=1S/C16H29N3/c1-6-19(15(3)13-18(4)5)11-10-17-16-9-7-8-14(2)12-16/h7-9,12,15,17H,6,10-11,13H2,1-5H3. The smallest absolute Gasteiger partial charge is 0.0343 e. The first kappa shape index (κ1) is 16.0. The van der Waals surface area contributed by atoms with Gasteiger partial charge in [0.05, 0.1) is 0 Å². The number of likely N-dealkylation sites (N-methyl/N-ethyl adjacent to an activating group) is 2. The first-order valence-corrected chi connectivity index (χ1v) is 7.22. The lowest BCUT2D eigenvalue weighted by molar-refractivity contribution is 0.188. The van der Waals surface area contributed by atoms with Gasteiger partial charge in [-0.1, -0.05) is 19.1 Å². The second kappa shape index (κ2) is 8.18. The molecule has 1 rings (SSSR count). The van der Waals surface area contributed by atoms with Gasteiger partial charge in [-0.15, -0.1) is 0 Å². The first-order valence-electron chi connectivity index (χ1n) is 7.22. The number of hydrogen-bond donors (Lipinski definition) is 1. The molecule has 1 unspecified atom stereocenters. The van der Waals surface area contributed by atoms with Crippen LogP contribution in [0.5, 0.6) is 0 Å². The van der Waals surface area contributed by atoms with Crippen molar-refractivity contribution in [3.8, 4) is 0 Å². The Labute approximate surface area is 118 Å². The Kier molecular flexibility index (Phi) is 6.89. The van der Waals surface area contributed by atoms with Crippen molar-refractivity contribution in [1.29, 1.82) is 0 Å². The van der Waals surface area contributed by atoms with Crippen LogP contribution in [0.1, 0.15) is 19.4 Å². The van der Waals surface area contributed by atoms with Gasteiger partial charge in [0.25, 0.3) is 0 Å². The Morgan fingerprint density at radius 3 is 2.58 bits per heavy atom. The van der Waals surface area contributed by atoms with Crippen molar-refractivity contribution < 1.29 is 0 Å². The van der Waals surface area contributed by atoms with Gasteiger partial charge in [-0.25, -0.2) is 0 Å². The third kappa shape index (κ3) is 6.08. The summed E-state index contributed by atoms with van der Waals surface area (Å²) in [5, 5.41) is 3.50. The SMILES string of the molecule is CCN(CCNc1cccc(C)c1)C(C)CN(C)C. The summed E-state index contributed by atoms with van der Waals surface area (Å²) in [7, 11) is 4.27. The van der Waals surface area contributed by atoms with Gasteiger partial charge < -0.3 is 10.2 Å². The number of anilines is 1. The maximum Gasteiger partial charge on any atom is 0.0343 e. The zero-order valence-corrected chi connectivity index (χ0v) is 13.1. The predicted molar refractivity (Wildman–Crippen MR) is 84.9 cm³/mol. The van der Waals surface area contributed by atoms with E-state index in [-0.39, 0.29) is 0 Å². The van der Waals surface area contributed by atoms with Gasteiger partial charge in [-0.2, -0.15) is 0 Å². The Morgan fingerprint density at radius 2 is 2.00 bits per heavy atom. The fourth-order valence-corrected chi connectivity index (χ4v) is 2.43. The molecule has 19 heavy (non-hydrogen) atoms. The third-order valence-electron chi connectivity index (χ3n) is 3.41. The van der Waals surface area contributed by atoms with Gasteiger partial charge in [0.15, 0.2) is 0 Å². The molecule has 1 aromatic carbocycles.